The largest absolute Gasteiger partial charge is 0.317 e. The van der Waals surface area contributed by atoms with E-state index in [-0.39, 0.29) is 0 Å². The van der Waals surface area contributed by atoms with E-state index in [1.807, 2.05) is 6.33 Å². The normalized spacial score (nSPS) is 19.4. The number of fused-ring (bicyclic) bond motifs is 1. The van der Waals surface area contributed by atoms with Crippen LogP contribution in [-0.2, 0) is 13.0 Å². The van der Waals surface area contributed by atoms with E-state index in [0.29, 0.717) is 5.92 Å². The summed E-state index contributed by atoms with van der Waals surface area (Å²) in [4.78, 5) is 0. The highest BCUT2D eigenvalue weighted by Gasteiger charge is 2.20. The molecule has 0 radical (unpaired) electrons. The van der Waals surface area contributed by atoms with Crippen LogP contribution in [0.25, 0.3) is 0 Å². The highest BCUT2D eigenvalue weighted by Crippen LogP contribution is 2.28. The van der Waals surface area contributed by atoms with Crippen LogP contribution < -0.4 is 0 Å². The van der Waals surface area contributed by atoms with Gasteiger partial charge < -0.3 is 4.57 Å². The van der Waals surface area contributed by atoms with Gasteiger partial charge in [0, 0.05) is 18.9 Å². The highest BCUT2D eigenvalue weighted by molar-refractivity contribution is 5.26. The fraction of sp³-hybridized carbons (Fsp3) is 0.385. The van der Waals surface area contributed by atoms with E-state index in [0.717, 1.165) is 18.8 Å². The first-order chi connectivity index (χ1) is 7.83. The minimum atomic E-state index is 0.614. The fourth-order valence-corrected chi connectivity index (χ4v) is 2.45. The molecule has 1 unspecified atom stereocenters. The molecular formula is C13H15N3. The van der Waals surface area contributed by atoms with E-state index in [9.17, 15) is 0 Å². The molecule has 0 bridgehead atoms. The molecule has 0 aliphatic carbocycles. The van der Waals surface area contributed by atoms with Crippen LogP contribution in [0.1, 0.15) is 29.3 Å². The second-order valence-corrected chi connectivity index (χ2v) is 4.55. The van der Waals surface area contributed by atoms with Gasteiger partial charge in [-0.1, -0.05) is 29.8 Å². The zero-order chi connectivity index (χ0) is 11.0. The second-order valence-electron chi connectivity index (χ2n) is 4.55. The lowest BCUT2D eigenvalue weighted by Crippen LogP contribution is -2.18. The van der Waals surface area contributed by atoms with Crippen molar-refractivity contribution in [1.29, 1.82) is 0 Å². The third kappa shape index (κ3) is 1.62. The molecule has 3 nitrogen and oxygen atoms in total. The van der Waals surface area contributed by atoms with E-state index >= 15 is 0 Å². The lowest BCUT2D eigenvalue weighted by Gasteiger charge is -2.23. The van der Waals surface area contributed by atoms with Crippen LogP contribution in [0.3, 0.4) is 0 Å². The summed E-state index contributed by atoms with van der Waals surface area (Å²) in [5.74, 6) is 1.74. The molecule has 16 heavy (non-hydrogen) atoms. The minimum Gasteiger partial charge on any atom is -0.317 e. The van der Waals surface area contributed by atoms with Gasteiger partial charge in [0.05, 0.1) is 0 Å². The molecule has 0 N–H and O–H groups in total. The van der Waals surface area contributed by atoms with Gasteiger partial charge in [-0.2, -0.15) is 0 Å². The molecule has 0 saturated carbocycles. The maximum Gasteiger partial charge on any atom is 0.132 e. The second kappa shape index (κ2) is 3.74. The zero-order valence-corrected chi connectivity index (χ0v) is 9.43. The number of aromatic nitrogens is 3. The predicted molar refractivity (Wildman–Crippen MR) is 62.3 cm³/mol. The quantitative estimate of drug-likeness (QED) is 0.727. The molecule has 3 heteroatoms. The van der Waals surface area contributed by atoms with Crippen molar-refractivity contribution >= 4 is 0 Å². The summed E-state index contributed by atoms with van der Waals surface area (Å²) in [5, 5.41) is 8.08. The lowest BCUT2D eigenvalue weighted by atomic mass is 9.91. The van der Waals surface area contributed by atoms with Gasteiger partial charge in [0.1, 0.15) is 12.2 Å². The molecule has 1 aromatic heterocycles. The molecule has 0 fully saturated rings. The topological polar surface area (TPSA) is 30.7 Å². The number of rotatable bonds is 1. The van der Waals surface area contributed by atoms with Gasteiger partial charge in [0.2, 0.25) is 0 Å². The Hall–Kier alpha value is -1.64. The summed E-state index contributed by atoms with van der Waals surface area (Å²) in [6.45, 7) is 3.17. The van der Waals surface area contributed by atoms with Gasteiger partial charge >= 0.3 is 0 Å². The van der Waals surface area contributed by atoms with Crippen LogP contribution >= 0.6 is 0 Å². The number of hydrogen-bond acceptors (Lipinski definition) is 2. The molecule has 2 heterocycles. The van der Waals surface area contributed by atoms with Gasteiger partial charge in [0.25, 0.3) is 0 Å². The van der Waals surface area contributed by atoms with Crippen molar-refractivity contribution in [3.05, 3.63) is 47.5 Å². The molecular weight excluding hydrogens is 198 g/mol. The Balaban J connectivity index is 1.88. The molecule has 1 atom stereocenters. The van der Waals surface area contributed by atoms with Gasteiger partial charge in [0.15, 0.2) is 0 Å². The van der Waals surface area contributed by atoms with E-state index in [1.54, 1.807) is 0 Å². The summed E-state index contributed by atoms with van der Waals surface area (Å²) < 4.78 is 2.18. The molecule has 1 aliphatic rings. The third-order valence-electron chi connectivity index (χ3n) is 3.34. The number of aryl methyl sites for hydroxylation is 2. The van der Waals surface area contributed by atoms with Gasteiger partial charge in [-0.3, -0.25) is 0 Å². The van der Waals surface area contributed by atoms with Crippen molar-refractivity contribution in [1.82, 2.24) is 14.8 Å². The van der Waals surface area contributed by atoms with E-state index in [1.165, 1.54) is 17.5 Å². The molecule has 0 spiro atoms. The van der Waals surface area contributed by atoms with Crippen LogP contribution in [-0.4, -0.2) is 14.8 Å². The van der Waals surface area contributed by atoms with Crippen molar-refractivity contribution in [2.45, 2.75) is 32.2 Å². The van der Waals surface area contributed by atoms with Gasteiger partial charge in [-0.25, -0.2) is 0 Å². The van der Waals surface area contributed by atoms with Crippen LogP contribution in [0, 0.1) is 6.92 Å². The fourth-order valence-electron chi connectivity index (χ4n) is 2.45. The van der Waals surface area contributed by atoms with E-state index in [4.69, 9.17) is 0 Å². The molecule has 0 saturated heterocycles. The van der Waals surface area contributed by atoms with Gasteiger partial charge in [-0.05, 0) is 18.9 Å². The molecule has 1 aliphatic heterocycles. The van der Waals surface area contributed by atoms with E-state index in [2.05, 4.69) is 46.0 Å². The summed E-state index contributed by atoms with van der Waals surface area (Å²) in [6, 6.07) is 8.82. The van der Waals surface area contributed by atoms with Crippen molar-refractivity contribution in [3.63, 3.8) is 0 Å². The molecule has 0 amide bonds. The minimum absolute atomic E-state index is 0.614. The smallest absolute Gasteiger partial charge is 0.132 e. The van der Waals surface area contributed by atoms with E-state index < -0.39 is 0 Å². The molecule has 1 aromatic carbocycles. The predicted octanol–water partition coefficient (Wildman–Crippen LogP) is 2.32. The maximum absolute atomic E-state index is 4.12. The Kier molecular flexibility index (Phi) is 2.24. The Bertz CT molecular complexity index is 501. The Labute approximate surface area is 95.1 Å². The summed E-state index contributed by atoms with van der Waals surface area (Å²) in [7, 11) is 0. The first-order valence-electron chi connectivity index (χ1n) is 5.76. The van der Waals surface area contributed by atoms with Crippen molar-refractivity contribution in [2.75, 3.05) is 0 Å². The Morgan fingerprint density at radius 3 is 3.19 bits per heavy atom. The van der Waals surface area contributed by atoms with Crippen LogP contribution in [0.5, 0.6) is 0 Å². The van der Waals surface area contributed by atoms with Crippen LogP contribution in [0.4, 0.5) is 0 Å². The average molecular weight is 213 g/mol. The summed E-state index contributed by atoms with van der Waals surface area (Å²) in [5.41, 5.74) is 2.78. The zero-order valence-electron chi connectivity index (χ0n) is 9.43. The summed E-state index contributed by atoms with van der Waals surface area (Å²) >= 11 is 0. The summed E-state index contributed by atoms with van der Waals surface area (Å²) in [6.07, 6.45) is 4.07. The first kappa shape index (κ1) is 9.58. The van der Waals surface area contributed by atoms with Crippen molar-refractivity contribution in [2.24, 2.45) is 0 Å². The third-order valence-corrected chi connectivity index (χ3v) is 3.34. The van der Waals surface area contributed by atoms with Crippen molar-refractivity contribution < 1.29 is 0 Å². The average Bonchev–Trinajstić information content (AvgIpc) is 2.75. The Morgan fingerprint density at radius 1 is 1.38 bits per heavy atom. The highest BCUT2D eigenvalue weighted by atomic mass is 15.3. The molecule has 82 valence electrons. The lowest BCUT2D eigenvalue weighted by molar-refractivity contribution is 0.456. The number of hydrogen-bond donors (Lipinski definition) is 0. The molecule has 3 rings (SSSR count). The SMILES string of the molecule is Cc1cccc(C2CCc3nncn3C2)c1. The monoisotopic (exact) mass is 213 g/mol. The first-order valence-corrected chi connectivity index (χ1v) is 5.76. The molecule has 2 aromatic rings. The number of benzene rings is 1. The Morgan fingerprint density at radius 2 is 2.31 bits per heavy atom. The van der Waals surface area contributed by atoms with Crippen LogP contribution in [0.2, 0.25) is 0 Å². The maximum atomic E-state index is 4.12. The number of nitrogens with zero attached hydrogens (tertiary/aromatic N) is 3. The van der Waals surface area contributed by atoms with Crippen molar-refractivity contribution in [3.8, 4) is 0 Å². The van der Waals surface area contributed by atoms with Crippen LogP contribution in [0.15, 0.2) is 30.6 Å². The standard InChI is InChI=1S/C13H15N3/c1-10-3-2-4-11(7-10)12-5-6-13-15-14-9-16(13)8-12/h2-4,7,9,12H,5-6,8H2,1H3. The van der Waals surface area contributed by atoms with Gasteiger partial charge in [-0.15, -0.1) is 10.2 Å².